The van der Waals surface area contributed by atoms with Crippen molar-refractivity contribution in [3.05, 3.63) is 90.1 Å². The molecule has 1 aliphatic rings. The Morgan fingerprint density at radius 3 is 2.41 bits per heavy atom. The number of hydrogen-bond acceptors (Lipinski definition) is 5. The Hall–Kier alpha value is -2.80. The summed E-state index contributed by atoms with van der Waals surface area (Å²) in [6.45, 7) is 5.26. The van der Waals surface area contributed by atoms with E-state index in [9.17, 15) is 0 Å². The molecule has 0 saturated carbocycles. The Balaban J connectivity index is 1.25. The van der Waals surface area contributed by atoms with E-state index in [-0.39, 0.29) is 0 Å². The van der Waals surface area contributed by atoms with E-state index in [1.54, 1.807) is 0 Å². The molecular formula is C28H29BrN4O. The zero-order valence-corrected chi connectivity index (χ0v) is 20.8. The smallest absolute Gasteiger partial charge is 0.137 e. The van der Waals surface area contributed by atoms with Crippen LogP contribution >= 0.6 is 16.1 Å². The summed E-state index contributed by atoms with van der Waals surface area (Å²) in [6, 6.07) is 25.2. The predicted molar refractivity (Wildman–Crippen MR) is 142 cm³/mol. The number of fused-ring (bicyclic) bond motifs is 1. The van der Waals surface area contributed by atoms with Crippen molar-refractivity contribution >= 4 is 32.7 Å². The number of pyridine rings is 2. The topological polar surface area (TPSA) is 41.5 Å². The Morgan fingerprint density at radius 1 is 0.824 bits per heavy atom. The lowest BCUT2D eigenvalue weighted by Crippen LogP contribution is -2.42. The molecule has 0 atom stereocenters. The minimum Gasteiger partial charge on any atom is -0.377 e. The van der Waals surface area contributed by atoms with Crippen molar-refractivity contribution < 1.29 is 4.74 Å². The van der Waals surface area contributed by atoms with E-state index in [2.05, 4.69) is 79.6 Å². The first-order valence-corrected chi connectivity index (χ1v) is 12.6. The monoisotopic (exact) mass is 516 g/mol. The highest BCUT2D eigenvalue weighted by molar-refractivity contribution is 9.07. The molecule has 0 unspecified atom stereocenters. The Labute approximate surface area is 209 Å². The summed E-state index contributed by atoms with van der Waals surface area (Å²) in [5, 5.41) is 2.40. The number of aromatic nitrogens is 2. The molecule has 0 aliphatic carbocycles. The summed E-state index contributed by atoms with van der Waals surface area (Å²) < 4.78 is 7.99. The van der Waals surface area contributed by atoms with Gasteiger partial charge in [0.2, 0.25) is 0 Å². The standard InChI is InChI=1S/C28H29BrN4O/c29-33-16-14-32(15-17-33)28-25-11-5-4-10-24(25)19-27(31-28)26-13-12-22(20-30-26)9-6-18-34-21-23-7-2-1-3-8-23/h1-5,7-8,10-13,19-20H,6,9,14-18,21H2. The molecule has 0 N–H and O–H groups in total. The minimum absolute atomic E-state index is 0.665. The second-order valence-corrected chi connectivity index (χ2v) is 9.65. The molecule has 0 bridgehead atoms. The van der Waals surface area contributed by atoms with Gasteiger partial charge in [-0.1, -0.05) is 60.7 Å². The van der Waals surface area contributed by atoms with Crippen LogP contribution in [0.1, 0.15) is 17.5 Å². The van der Waals surface area contributed by atoms with Gasteiger partial charge in [-0.15, -0.1) is 0 Å². The van der Waals surface area contributed by atoms with Crippen LogP contribution in [0.2, 0.25) is 0 Å². The summed E-state index contributed by atoms with van der Waals surface area (Å²) in [5.74, 6) is 1.05. The van der Waals surface area contributed by atoms with Crippen LogP contribution in [-0.4, -0.2) is 46.7 Å². The van der Waals surface area contributed by atoms with Gasteiger partial charge in [-0.25, -0.2) is 8.91 Å². The van der Waals surface area contributed by atoms with Gasteiger partial charge in [0.25, 0.3) is 0 Å². The molecule has 4 aromatic rings. The Bertz CT molecular complexity index is 1210. The number of rotatable bonds is 8. The van der Waals surface area contributed by atoms with E-state index in [0.717, 1.165) is 62.8 Å². The molecule has 0 amide bonds. The SMILES string of the molecule is BrN1CCN(c2nc(-c3ccc(CCCOCc4ccccc4)cn3)cc3ccccc23)CC1. The van der Waals surface area contributed by atoms with E-state index in [4.69, 9.17) is 14.7 Å². The van der Waals surface area contributed by atoms with Crippen molar-refractivity contribution in [3.8, 4) is 11.4 Å². The van der Waals surface area contributed by atoms with Crippen LogP contribution in [0.3, 0.4) is 0 Å². The van der Waals surface area contributed by atoms with Gasteiger partial charge in [-0.3, -0.25) is 4.98 Å². The van der Waals surface area contributed by atoms with E-state index < -0.39 is 0 Å². The second kappa shape index (κ2) is 11.1. The number of hydrogen-bond donors (Lipinski definition) is 0. The van der Waals surface area contributed by atoms with Crippen molar-refractivity contribution in [1.82, 2.24) is 13.9 Å². The van der Waals surface area contributed by atoms with Gasteiger partial charge in [-0.05, 0) is 41.5 Å². The lowest BCUT2D eigenvalue weighted by Gasteiger charge is -2.32. The van der Waals surface area contributed by atoms with Crippen molar-refractivity contribution in [2.45, 2.75) is 19.4 Å². The fourth-order valence-corrected chi connectivity index (χ4v) is 4.63. The third-order valence-corrected chi connectivity index (χ3v) is 6.91. The van der Waals surface area contributed by atoms with Crippen LogP contribution < -0.4 is 4.90 Å². The number of anilines is 1. The Kier molecular flexibility index (Phi) is 7.49. The summed E-state index contributed by atoms with van der Waals surface area (Å²) >= 11 is 3.60. The van der Waals surface area contributed by atoms with Gasteiger partial charge in [0.15, 0.2) is 0 Å². The molecule has 5 rings (SSSR count). The normalized spacial score (nSPS) is 14.6. The van der Waals surface area contributed by atoms with E-state index >= 15 is 0 Å². The lowest BCUT2D eigenvalue weighted by atomic mass is 10.1. The predicted octanol–water partition coefficient (Wildman–Crippen LogP) is 5.88. The highest BCUT2D eigenvalue weighted by Crippen LogP contribution is 2.30. The van der Waals surface area contributed by atoms with E-state index in [1.807, 2.05) is 24.4 Å². The molecule has 2 aromatic carbocycles. The van der Waals surface area contributed by atoms with Crippen molar-refractivity contribution in [2.75, 3.05) is 37.7 Å². The zero-order valence-electron chi connectivity index (χ0n) is 19.2. The first-order valence-electron chi connectivity index (χ1n) is 11.9. The quantitative estimate of drug-likeness (QED) is 0.216. The number of nitrogens with zero attached hydrogens (tertiary/aromatic N) is 4. The lowest BCUT2D eigenvalue weighted by molar-refractivity contribution is 0.118. The highest BCUT2D eigenvalue weighted by atomic mass is 79.9. The number of ether oxygens (including phenoxy) is 1. The molecule has 174 valence electrons. The molecule has 5 nitrogen and oxygen atoms in total. The van der Waals surface area contributed by atoms with Gasteiger partial charge in [0.05, 0.1) is 18.0 Å². The molecular weight excluding hydrogens is 488 g/mol. The fourth-order valence-electron chi connectivity index (χ4n) is 4.31. The fraction of sp³-hybridized carbons (Fsp3) is 0.286. The molecule has 34 heavy (non-hydrogen) atoms. The number of aryl methyl sites for hydroxylation is 1. The van der Waals surface area contributed by atoms with E-state index in [0.29, 0.717) is 6.61 Å². The maximum Gasteiger partial charge on any atom is 0.137 e. The van der Waals surface area contributed by atoms with Gasteiger partial charge < -0.3 is 9.64 Å². The first kappa shape index (κ1) is 23.0. The third kappa shape index (κ3) is 5.63. The molecule has 1 fully saturated rings. The maximum atomic E-state index is 5.81. The van der Waals surface area contributed by atoms with Crippen LogP contribution in [-0.2, 0) is 17.8 Å². The number of benzene rings is 2. The van der Waals surface area contributed by atoms with Crippen molar-refractivity contribution in [1.29, 1.82) is 0 Å². The number of piperazine rings is 1. The van der Waals surface area contributed by atoms with Gasteiger partial charge in [-0.2, -0.15) is 0 Å². The molecule has 2 aromatic heterocycles. The van der Waals surface area contributed by atoms with Crippen molar-refractivity contribution in [2.24, 2.45) is 0 Å². The maximum absolute atomic E-state index is 5.81. The molecule has 1 aliphatic heterocycles. The van der Waals surface area contributed by atoms with Crippen LogP contribution in [0.15, 0.2) is 79.0 Å². The Morgan fingerprint density at radius 2 is 1.62 bits per heavy atom. The molecule has 0 radical (unpaired) electrons. The summed E-state index contributed by atoms with van der Waals surface area (Å²) in [5.41, 5.74) is 4.27. The highest BCUT2D eigenvalue weighted by Gasteiger charge is 2.19. The van der Waals surface area contributed by atoms with Gasteiger partial charge >= 0.3 is 0 Å². The summed E-state index contributed by atoms with van der Waals surface area (Å²) in [6.07, 6.45) is 3.91. The molecule has 3 heterocycles. The average molecular weight is 517 g/mol. The minimum atomic E-state index is 0.665. The molecule has 0 spiro atoms. The molecule has 1 saturated heterocycles. The van der Waals surface area contributed by atoms with Gasteiger partial charge in [0, 0.05) is 60.5 Å². The van der Waals surface area contributed by atoms with Crippen LogP contribution in [0.25, 0.3) is 22.2 Å². The average Bonchev–Trinajstić information content (AvgIpc) is 2.89. The largest absolute Gasteiger partial charge is 0.377 e. The zero-order chi connectivity index (χ0) is 23.2. The summed E-state index contributed by atoms with van der Waals surface area (Å²) in [7, 11) is 0. The van der Waals surface area contributed by atoms with E-state index in [1.165, 1.54) is 21.9 Å². The first-order chi connectivity index (χ1) is 16.8. The van der Waals surface area contributed by atoms with Crippen LogP contribution in [0.4, 0.5) is 5.82 Å². The second-order valence-electron chi connectivity index (χ2n) is 8.64. The third-order valence-electron chi connectivity index (χ3n) is 6.20. The van der Waals surface area contributed by atoms with Crippen molar-refractivity contribution in [3.63, 3.8) is 0 Å². The number of halogens is 1. The van der Waals surface area contributed by atoms with Crippen LogP contribution in [0.5, 0.6) is 0 Å². The molecule has 6 heteroatoms. The van der Waals surface area contributed by atoms with Gasteiger partial charge in [0.1, 0.15) is 5.82 Å². The van der Waals surface area contributed by atoms with Crippen LogP contribution in [0, 0.1) is 0 Å². The summed E-state index contributed by atoms with van der Waals surface area (Å²) in [4.78, 5) is 12.2.